The molecule has 3 rings (SSSR count). The SMILES string of the molecule is O=C(Nc1ccc(S(=O)(=O)NC2CCCCC2)cc1)C1CCCC[C@@H]1C(=O)O. The molecule has 28 heavy (non-hydrogen) atoms. The third kappa shape index (κ3) is 5.11. The molecule has 1 aromatic carbocycles. The summed E-state index contributed by atoms with van der Waals surface area (Å²) in [5.74, 6) is -2.46. The lowest BCUT2D eigenvalue weighted by molar-refractivity contribution is -0.147. The molecule has 2 atom stereocenters. The van der Waals surface area contributed by atoms with E-state index in [1.165, 1.54) is 12.1 Å². The van der Waals surface area contributed by atoms with Gasteiger partial charge in [-0.3, -0.25) is 9.59 Å². The van der Waals surface area contributed by atoms with Crippen LogP contribution in [-0.2, 0) is 19.6 Å². The number of anilines is 1. The molecule has 154 valence electrons. The van der Waals surface area contributed by atoms with E-state index in [4.69, 9.17) is 0 Å². The van der Waals surface area contributed by atoms with Crippen LogP contribution in [0.4, 0.5) is 5.69 Å². The second kappa shape index (κ2) is 9.05. The molecule has 1 unspecified atom stereocenters. The number of hydrogen-bond acceptors (Lipinski definition) is 4. The van der Waals surface area contributed by atoms with Crippen molar-refractivity contribution < 1.29 is 23.1 Å². The van der Waals surface area contributed by atoms with Crippen molar-refractivity contribution in [2.24, 2.45) is 11.8 Å². The number of hydrogen-bond donors (Lipinski definition) is 3. The van der Waals surface area contributed by atoms with Gasteiger partial charge in [0.1, 0.15) is 0 Å². The van der Waals surface area contributed by atoms with Crippen molar-refractivity contribution in [3.8, 4) is 0 Å². The molecule has 3 N–H and O–H groups in total. The summed E-state index contributed by atoms with van der Waals surface area (Å²) >= 11 is 0. The average Bonchev–Trinajstić information content (AvgIpc) is 2.69. The third-order valence-corrected chi connectivity index (χ3v) is 7.32. The molecule has 7 nitrogen and oxygen atoms in total. The number of amides is 1. The number of benzene rings is 1. The highest BCUT2D eigenvalue weighted by Crippen LogP contribution is 2.31. The van der Waals surface area contributed by atoms with Crippen LogP contribution in [0.1, 0.15) is 57.8 Å². The van der Waals surface area contributed by atoms with Gasteiger partial charge < -0.3 is 10.4 Å². The predicted molar refractivity (Wildman–Crippen MR) is 105 cm³/mol. The van der Waals surface area contributed by atoms with E-state index in [0.29, 0.717) is 18.5 Å². The summed E-state index contributed by atoms with van der Waals surface area (Å²) in [6.07, 6.45) is 7.67. The van der Waals surface area contributed by atoms with Gasteiger partial charge in [0, 0.05) is 11.7 Å². The van der Waals surface area contributed by atoms with Crippen molar-refractivity contribution in [2.75, 3.05) is 5.32 Å². The predicted octanol–water partition coefficient (Wildman–Crippen LogP) is 3.13. The minimum absolute atomic E-state index is 0.0163. The Morgan fingerprint density at radius 2 is 1.43 bits per heavy atom. The molecule has 2 fully saturated rings. The van der Waals surface area contributed by atoms with Crippen LogP contribution in [0.3, 0.4) is 0 Å². The lowest BCUT2D eigenvalue weighted by atomic mass is 9.78. The van der Waals surface area contributed by atoms with E-state index in [9.17, 15) is 23.1 Å². The maximum absolute atomic E-state index is 12.5. The number of carbonyl (C=O) groups is 2. The zero-order chi connectivity index (χ0) is 20.1. The van der Waals surface area contributed by atoms with E-state index in [2.05, 4.69) is 10.0 Å². The van der Waals surface area contributed by atoms with Crippen molar-refractivity contribution in [3.63, 3.8) is 0 Å². The molecule has 0 radical (unpaired) electrons. The van der Waals surface area contributed by atoms with Crippen molar-refractivity contribution in [1.29, 1.82) is 0 Å². The van der Waals surface area contributed by atoms with Gasteiger partial charge in [-0.15, -0.1) is 0 Å². The highest BCUT2D eigenvalue weighted by molar-refractivity contribution is 7.89. The first-order valence-electron chi connectivity index (χ1n) is 10.0. The molecule has 2 aliphatic carbocycles. The standard InChI is InChI=1S/C20H28N2O5S/c23-19(17-8-4-5-9-18(17)20(24)25)21-14-10-12-16(13-11-14)28(26,27)22-15-6-2-1-3-7-15/h10-13,15,17-18,22H,1-9H2,(H,21,23)(H,24,25)/t17?,18-/m0/s1. The Morgan fingerprint density at radius 3 is 2.04 bits per heavy atom. The van der Waals surface area contributed by atoms with E-state index >= 15 is 0 Å². The molecule has 0 saturated heterocycles. The third-order valence-electron chi connectivity index (χ3n) is 5.78. The number of sulfonamides is 1. The van der Waals surface area contributed by atoms with Crippen LogP contribution < -0.4 is 10.0 Å². The number of carbonyl (C=O) groups excluding carboxylic acids is 1. The average molecular weight is 409 g/mol. The molecule has 0 aromatic heterocycles. The normalized spacial score (nSPS) is 23.9. The van der Waals surface area contributed by atoms with Crippen LogP contribution in [0.25, 0.3) is 0 Å². The van der Waals surface area contributed by atoms with Gasteiger partial charge in [-0.05, 0) is 49.9 Å². The van der Waals surface area contributed by atoms with Crippen LogP contribution in [0.2, 0.25) is 0 Å². The molecule has 8 heteroatoms. The van der Waals surface area contributed by atoms with Gasteiger partial charge in [-0.2, -0.15) is 0 Å². The molecular formula is C20H28N2O5S. The van der Waals surface area contributed by atoms with E-state index in [1.807, 2.05) is 0 Å². The first kappa shape index (κ1) is 20.8. The molecule has 0 bridgehead atoms. The molecule has 2 saturated carbocycles. The Hall–Kier alpha value is -1.93. The summed E-state index contributed by atoms with van der Waals surface area (Å²) in [5, 5.41) is 12.1. The first-order chi connectivity index (χ1) is 13.4. The maximum Gasteiger partial charge on any atom is 0.307 e. The minimum Gasteiger partial charge on any atom is -0.481 e. The van der Waals surface area contributed by atoms with E-state index in [1.54, 1.807) is 12.1 Å². The van der Waals surface area contributed by atoms with E-state index in [0.717, 1.165) is 44.9 Å². The summed E-state index contributed by atoms with van der Waals surface area (Å²) in [5.41, 5.74) is 0.469. The Kier molecular flexibility index (Phi) is 6.72. The van der Waals surface area contributed by atoms with Crippen LogP contribution in [0.15, 0.2) is 29.2 Å². The fourth-order valence-electron chi connectivity index (χ4n) is 4.20. The highest BCUT2D eigenvalue weighted by atomic mass is 32.2. The zero-order valence-electron chi connectivity index (χ0n) is 15.9. The molecule has 2 aliphatic rings. The maximum atomic E-state index is 12.5. The Balaban J connectivity index is 1.63. The molecule has 0 spiro atoms. The van der Waals surface area contributed by atoms with Gasteiger partial charge in [0.2, 0.25) is 15.9 Å². The lowest BCUT2D eigenvalue weighted by Gasteiger charge is -2.27. The fraction of sp³-hybridized carbons (Fsp3) is 0.600. The Morgan fingerprint density at radius 1 is 0.857 bits per heavy atom. The summed E-state index contributed by atoms with van der Waals surface area (Å²) < 4.78 is 27.8. The number of rotatable bonds is 6. The van der Waals surface area contributed by atoms with Crippen LogP contribution in [0.5, 0.6) is 0 Å². The molecule has 0 heterocycles. The second-order valence-electron chi connectivity index (χ2n) is 7.81. The zero-order valence-corrected chi connectivity index (χ0v) is 16.7. The first-order valence-corrected chi connectivity index (χ1v) is 11.5. The molecule has 0 aliphatic heterocycles. The lowest BCUT2D eigenvalue weighted by Crippen LogP contribution is -2.36. The Labute approximate surface area is 166 Å². The summed E-state index contributed by atoms with van der Waals surface area (Å²) in [4.78, 5) is 24.1. The van der Waals surface area contributed by atoms with Crippen molar-refractivity contribution in [2.45, 2.75) is 68.7 Å². The quantitative estimate of drug-likeness (QED) is 0.669. The number of carboxylic acids is 1. The van der Waals surface area contributed by atoms with Gasteiger partial charge in [-0.1, -0.05) is 32.1 Å². The fourth-order valence-corrected chi connectivity index (χ4v) is 5.51. The van der Waals surface area contributed by atoms with Gasteiger partial charge >= 0.3 is 5.97 Å². The number of carboxylic acid groups (broad SMARTS) is 1. The molecular weight excluding hydrogens is 380 g/mol. The largest absolute Gasteiger partial charge is 0.481 e. The smallest absolute Gasteiger partial charge is 0.307 e. The number of nitrogens with one attached hydrogen (secondary N) is 2. The van der Waals surface area contributed by atoms with E-state index in [-0.39, 0.29) is 16.8 Å². The van der Waals surface area contributed by atoms with Gasteiger partial charge in [0.25, 0.3) is 0 Å². The van der Waals surface area contributed by atoms with Crippen molar-refractivity contribution >= 4 is 27.6 Å². The van der Waals surface area contributed by atoms with Crippen LogP contribution in [-0.4, -0.2) is 31.4 Å². The number of aliphatic carboxylic acids is 1. The molecule has 1 amide bonds. The monoisotopic (exact) mass is 408 g/mol. The van der Waals surface area contributed by atoms with Gasteiger partial charge in [-0.25, -0.2) is 13.1 Å². The topological polar surface area (TPSA) is 113 Å². The summed E-state index contributed by atoms with van der Waals surface area (Å²) in [6, 6.07) is 6.02. The summed E-state index contributed by atoms with van der Waals surface area (Å²) in [6.45, 7) is 0. The highest BCUT2D eigenvalue weighted by Gasteiger charge is 2.35. The van der Waals surface area contributed by atoms with Gasteiger partial charge in [0.05, 0.1) is 16.7 Å². The van der Waals surface area contributed by atoms with Crippen LogP contribution in [0, 0.1) is 11.8 Å². The molecule has 1 aromatic rings. The van der Waals surface area contributed by atoms with Crippen molar-refractivity contribution in [3.05, 3.63) is 24.3 Å². The van der Waals surface area contributed by atoms with Crippen LogP contribution >= 0.6 is 0 Å². The van der Waals surface area contributed by atoms with Gasteiger partial charge in [0.15, 0.2) is 0 Å². The summed E-state index contributed by atoms with van der Waals surface area (Å²) in [7, 11) is -3.59. The van der Waals surface area contributed by atoms with Crippen molar-refractivity contribution in [1.82, 2.24) is 4.72 Å². The minimum atomic E-state index is -3.59. The second-order valence-corrected chi connectivity index (χ2v) is 9.52. The van der Waals surface area contributed by atoms with E-state index < -0.39 is 27.8 Å². The Bertz CT molecular complexity index is 800.